The molecule has 1 fully saturated rings. The molecule has 19 heavy (non-hydrogen) atoms. The van der Waals surface area contributed by atoms with Crippen LogP contribution >= 0.6 is 0 Å². The summed E-state index contributed by atoms with van der Waals surface area (Å²) < 4.78 is 5.47. The fourth-order valence-electron chi connectivity index (χ4n) is 2.40. The summed E-state index contributed by atoms with van der Waals surface area (Å²) in [5, 5.41) is 9.28. The zero-order chi connectivity index (χ0) is 14.0. The predicted octanol–water partition coefficient (Wildman–Crippen LogP) is 3.52. The molecular formula is C15H22O3Si. The SMILES string of the molecule is C[Si](C)(C)CC[C@@H]1C[C@H](c2ccc(O)cc2)C(=O)O1. The summed E-state index contributed by atoms with van der Waals surface area (Å²) in [6.45, 7) is 7.00. The predicted molar refractivity (Wildman–Crippen MR) is 78.1 cm³/mol. The number of esters is 1. The topological polar surface area (TPSA) is 46.5 Å². The summed E-state index contributed by atoms with van der Waals surface area (Å²) in [6.07, 6.45) is 1.82. The molecule has 1 aliphatic rings. The zero-order valence-electron chi connectivity index (χ0n) is 11.8. The van der Waals surface area contributed by atoms with E-state index in [-0.39, 0.29) is 23.7 Å². The van der Waals surface area contributed by atoms with Crippen LogP contribution in [0.5, 0.6) is 5.75 Å². The van der Waals surface area contributed by atoms with Crippen LogP contribution in [-0.2, 0) is 9.53 Å². The third kappa shape index (κ3) is 3.83. The van der Waals surface area contributed by atoms with Crippen molar-refractivity contribution in [2.45, 2.75) is 50.5 Å². The number of carbonyl (C=O) groups is 1. The van der Waals surface area contributed by atoms with Gasteiger partial charge in [0.05, 0.1) is 5.92 Å². The van der Waals surface area contributed by atoms with Crippen LogP contribution in [0.4, 0.5) is 0 Å². The first-order chi connectivity index (χ1) is 8.85. The van der Waals surface area contributed by atoms with Gasteiger partial charge in [-0.25, -0.2) is 0 Å². The molecule has 1 N–H and O–H groups in total. The summed E-state index contributed by atoms with van der Waals surface area (Å²) in [5.74, 6) is -0.0519. The van der Waals surface area contributed by atoms with Crippen molar-refractivity contribution in [1.82, 2.24) is 0 Å². The molecule has 104 valence electrons. The van der Waals surface area contributed by atoms with Gasteiger partial charge in [0.2, 0.25) is 0 Å². The Labute approximate surface area is 115 Å². The fourth-order valence-corrected chi connectivity index (χ4v) is 3.59. The van der Waals surface area contributed by atoms with Gasteiger partial charge in [0, 0.05) is 14.5 Å². The van der Waals surface area contributed by atoms with Gasteiger partial charge in [-0.3, -0.25) is 4.79 Å². The van der Waals surface area contributed by atoms with Crippen LogP contribution in [0.2, 0.25) is 25.7 Å². The van der Waals surface area contributed by atoms with Gasteiger partial charge in [0.25, 0.3) is 0 Å². The molecule has 0 bridgehead atoms. The van der Waals surface area contributed by atoms with Gasteiger partial charge < -0.3 is 9.84 Å². The van der Waals surface area contributed by atoms with Gasteiger partial charge >= 0.3 is 5.97 Å². The van der Waals surface area contributed by atoms with Crippen LogP contribution in [0.1, 0.15) is 24.3 Å². The second-order valence-corrected chi connectivity index (χ2v) is 12.2. The molecule has 0 radical (unpaired) electrons. The highest BCUT2D eigenvalue weighted by molar-refractivity contribution is 6.76. The Kier molecular flexibility index (Phi) is 3.99. The van der Waals surface area contributed by atoms with Crippen molar-refractivity contribution in [3.05, 3.63) is 29.8 Å². The summed E-state index contributed by atoms with van der Waals surface area (Å²) >= 11 is 0. The Bertz CT molecular complexity index is 447. The Morgan fingerprint density at radius 2 is 1.89 bits per heavy atom. The molecule has 1 aromatic carbocycles. The van der Waals surface area contributed by atoms with Crippen LogP contribution in [0.15, 0.2) is 24.3 Å². The lowest BCUT2D eigenvalue weighted by Gasteiger charge is -2.17. The van der Waals surface area contributed by atoms with Crippen molar-refractivity contribution in [2.75, 3.05) is 0 Å². The lowest BCUT2D eigenvalue weighted by molar-refractivity contribution is -0.142. The first-order valence-corrected chi connectivity index (χ1v) is 10.6. The van der Waals surface area contributed by atoms with Gasteiger partial charge in [0.1, 0.15) is 11.9 Å². The van der Waals surface area contributed by atoms with E-state index < -0.39 is 8.07 Å². The minimum Gasteiger partial charge on any atom is -0.508 e. The van der Waals surface area contributed by atoms with Gasteiger partial charge in [-0.05, 0) is 24.1 Å². The molecule has 0 spiro atoms. The van der Waals surface area contributed by atoms with Crippen molar-refractivity contribution >= 4 is 14.0 Å². The van der Waals surface area contributed by atoms with Gasteiger partial charge in [-0.1, -0.05) is 37.8 Å². The first-order valence-electron chi connectivity index (χ1n) is 6.84. The van der Waals surface area contributed by atoms with Crippen molar-refractivity contribution in [1.29, 1.82) is 0 Å². The van der Waals surface area contributed by atoms with Crippen LogP contribution in [0.3, 0.4) is 0 Å². The molecule has 0 unspecified atom stereocenters. The Hall–Kier alpha value is -1.29. The van der Waals surface area contributed by atoms with E-state index in [0.717, 1.165) is 18.4 Å². The van der Waals surface area contributed by atoms with E-state index in [1.807, 2.05) is 12.1 Å². The maximum Gasteiger partial charge on any atom is 0.313 e. The quantitative estimate of drug-likeness (QED) is 0.677. The summed E-state index contributed by atoms with van der Waals surface area (Å²) in [7, 11) is -1.08. The lowest BCUT2D eigenvalue weighted by atomic mass is 9.95. The highest BCUT2D eigenvalue weighted by Gasteiger charge is 2.35. The average Bonchev–Trinajstić information content (AvgIpc) is 2.68. The Balaban J connectivity index is 1.98. The van der Waals surface area contributed by atoms with Crippen LogP contribution in [-0.4, -0.2) is 25.3 Å². The number of hydrogen-bond donors (Lipinski definition) is 1. The number of rotatable bonds is 4. The van der Waals surface area contributed by atoms with E-state index in [2.05, 4.69) is 19.6 Å². The molecule has 4 heteroatoms. The van der Waals surface area contributed by atoms with E-state index in [0.29, 0.717) is 0 Å². The molecule has 1 aliphatic heterocycles. The van der Waals surface area contributed by atoms with Crippen molar-refractivity contribution in [3.63, 3.8) is 0 Å². The van der Waals surface area contributed by atoms with E-state index in [9.17, 15) is 9.90 Å². The number of aromatic hydroxyl groups is 1. The van der Waals surface area contributed by atoms with E-state index in [1.165, 1.54) is 6.04 Å². The highest BCUT2D eigenvalue weighted by Crippen LogP contribution is 2.34. The highest BCUT2D eigenvalue weighted by atomic mass is 28.3. The third-order valence-corrected chi connectivity index (χ3v) is 5.37. The molecule has 1 saturated heterocycles. The number of phenolic OH excluding ortho intramolecular Hbond substituents is 1. The zero-order valence-corrected chi connectivity index (χ0v) is 12.8. The second-order valence-electron chi connectivity index (χ2n) is 6.54. The van der Waals surface area contributed by atoms with E-state index in [4.69, 9.17) is 4.74 Å². The van der Waals surface area contributed by atoms with Crippen molar-refractivity contribution in [2.24, 2.45) is 0 Å². The molecule has 0 aromatic heterocycles. The molecule has 1 heterocycles. The molecular weight excluding hydrogens is 256 g/mol. The third-order valence-electron chi connectivity index (χ3n) is 3.58. The van der Waals surface area contributed by atoms with Crippen LogP contribution < -0.4 is 0 Å². The minimum absolute atomic E-state index is 0.0676. The summed E-state index contributed by atoms with van der Waals surface area (Å²) in [4.78, 5) is 11.9. The second kappa shape index (κ2) is 5.37. The monoisotopic (exact) mass is 278 g/mol. The van der Waals surface area contributed by atoms with E-state index in [1.54, 1.807) is 12.1 Å². The molecule has 0 amide bonds. The van der Waals surface area contributed by atoms with Crippen molar-refractivity contribution < 1.29 is 14.6 Å². The number of phenols is 1. The molecule has 0 aliphatic carbocycles. The fraction of sp³-hybridized carbons (Fsp3) is 0.533. The molecule has 2 rings (SSSR count). The van der Waals surface area contributed by atoms with Crippen LogP contribution in [0, 0.1) is 0 Å². The number of carbonyl (C=O) groups excluding carboxylic acids is 1. The van der Waals surface area contributed by atoms with Crippen molar-refractivity contribution in [3.8, 4) is 5.75 Å². The maximum atomic E-state index is 11.9. The number of ether oxygens (including phenoxy) is 1. The number of benzene rings is 1. The largest absolute Gasteiger partial charge is 0.508 e. The summed E-state index contributed by atoms with van der Waals surface area (Å²) in [5.41, 5.74) is 0.943. The maximum absolute atomic E-state index is 11.9. The molecule has 1 aromatic rings. The standard InChI is InChI=1S/C15H22O3Si/c1-19(2,3)9-8-13-10-14(15(17)18-13)11-4-6-12(16)7-5-11/h4-7,13-14,16H,8-10H2,1-3H3/t13-,14-/m1/s1. The Morgan fingerprint density at radius 1 is 1.26 bits per heavy atom. The molecule has 3 nitrogen and oxygen atoms in total. The molecule has 2 atom stereocenters. The average molecular weight is 278 g/mol. The number of hydrogen-bond acceptors (Lipinski definition) is 3. The Morgan fingerprint density at radius 3 is 2.47 bits per heavy atom. The number of cyclic esters (lactones) is 1. The molecule has 0 saturated carbocycles. The van der Waals surface area contributed by atoms with Gasteiger partial charge in [-0.2, -0.15) is 0 Å². The van der Waals surface area contributed by atoms with Crippen LogP contribution in [0.25, 0.3) is 0 Å². The van der Waals surface area contributed by atoms with E-state index >= 15 is 0 Å². The normalized spacial score (nSPS) is 23.4. The lowest BCUT2D eigenvalue weighted by Crippen LogP contribution is -2.22. The summed E-state index contributed by atoms with van der Waals surface area (Å²) in [6, 6.07) is 8.05. The van der Waals surface area contributed by atoms with Gasteiger partial charge in [0.15, 0.2) is 0 Å². The smallest absolute Gasteiger partial charge is 0.313 e. The minimum atomic E-state index is -1.08. The van der Waals surface area contributed by atoms with Gasteiger partial charge in [-0.15, -0.1) is 0 Å². The first kappa shape index (κ1) is 14.1.